The van der Waals surface area contributed by atoms with Crippen molar-refractivity contribution >= 4 is 47.0 Å². The Morgan fingerprint density at radius 3 is 1.21 bits per heavy atom. The van der Waals surface area contributed by atoms with E-state index in [1.165, 1.54) is 106 Å². The summed E-state index contributed by atoms with van der Waals surface area (Å²) in [5.74, 6) is 0. The Hall–Kier alpha value is -4.06. The number of hydrogen-bond donors (Lipinski definition) is 0. The van der Waals surface area contributed by atoms with Crippen LogP contribution in [-0.2, 0) is 10.8 Å². The molecule has 0 unspecified atom stereocenters. The van der Waals surface area contributed by atoms with Crippen LogP contribution in [0.4, 0.5) is 0 Å². The van der Waals surface area contributed by atoms with Crippen LogP contribution in [0.2, 0.25) is 0 Å². The standard InChI is InChI=1S/C48H34S4/c1-47(2)33-18-7-5-14-31(33)41-35(47)22-24-39-45(41)51-43-29(16-10-20-37(43)49-39)27-12-9-13-28(26-27)30-17-11-21-38-44(30)52-46-40(50-38)25-23-36-42(46)32-15-6-8-19-34(32)48(36,3)4/h5-26H,1-4H3. The van der Waals surface area contributed by atoms with Crippen molar-refractivity contribution in [2.75, 3.05) is 0 Å². The highest BCUT2D eigenvalue weighted by Gasteiger charge is 2.40. The van der Waals surface area contributed by atoms with Gasteiger partial charge in [0, 0.05) is 61.1 Å². The van der Waals surface area contributed by atoms with E-state index >= 15 is 0 Å². The number of fused-ring (bicyclic) bond motifs is 12. The zero-order chi connectivity index (χ0) is 34.9. The molecule has 250 valence electrons. The van der Waals surface area contributed by atoms with E-state index in [-0.39, 0.29) is 10.8 Å². The van der Waals surface area contributed by atoms with Crippen LogP contribution in [0.3, 0.4) is 0 Å². The van der Waals surface area contributed by atoms with Gasteiger partial charge in [-0.25, -0.2) is 0 Å². The van der Waals surface area contributed by atoms with Crippen LogP contribution in [0, 0.1) is 0 Å². The third-order valence-corrected chi connectivity index (χ3v) is 16.9. The van der Waals surface area contributed by atoms with Gasteiger partial charge in [-0.2, -0.15) is 0 Å². The summed E-state index contributed by atoms with van der Waals surface area (Å²) in [5, 5.41) is 0. The van der Waals surface area contributed by atoms with Crippen LogP contribution in [0.15, 0.2) is 173 Å². The number of hydrogen-bond acceptors (Lipinski definition) is 4. The molecule has 0 nitrogen and oxygen atoms in total. The first-order valence-electron chi connectivity index (χ1n) is 17.9. The first-order chi connectivity index (χ1) is 25.3. The summed E-state index contributed by atoms with van der Waals surface area (Å²) >= 11 is 7.78. The minimum Gasteiger partial charge on any atom is -0.0877 e. The highest BCUT2D eigenvalue weighted by molar-refractivity contribution is 8.05. The fourth-order valence-electron chi connectivity index (χ4n) is 9.00. The van der Waals surface area contributed by atoms with Gasteiger partial charge in [0.1, 0.15) is 0 Å². The maximum absolute atomic E-state index is 2.42. The van der Waals surface area contributed by atoms with Gasteiger partial charge in [-0.05, 0) is 86.0 Å². The molecule has 0 saturated heterocycles. The van der Waals surface area contributed by atoms with Crippen molar-refractivity contribution in [3.05, 3.63) is 156 Å². The van der Waals surface area contributed by atoms with Gasteiger partial charge in [0.25, 0.3) is 0 Å². The lowest BCUT2D eigenvalue weighted by atomic mass is 9.82. The highest BCUT2D eigenvalue weighted by atomic mass is 32.2. The second-order valence-electron chi connectivity index (χ2n) is 15.2. The van der Waals surface area contributed by atoms with E-state index in [0.717, 1.165) is 0 Å². The predicted molar refractivity (Wildman–Crippen MR) is 222 cm³/mol. The summed E-state index contributed by atoms with van der Waals surface area (Å²) in [6.07, 6.45) is 0. The first kappa shape index (κ1) is 31.5. The van der Waals surface area contributed by atoms with E-state index in [1.54, 1.807) is 0 Å². The minimum atomic E-state index is -0.00832. The van der Waals surface area contributed by atoms with E-state index in [4.69, 9.17) is 0 Å². The molecule has 2 heterocycles. The first-order valence-corrected chi connectivity index (χ1v) is 21.2. The molecule has 0 aromatic heterocycles. The molecule has 7 aromatic carbocycles. The minimum absolute atomic E-state index is 0.00832. The summed E-state index contributed by atoms with van der Waals surface area (Å²) < 4.78 is 0. The van der Waals surface area contributed by atoms with Gasteiger partial charge in [-0.15, -0.1) is 0 Å². The second kappa shape index (κ2) is 11.2. The van der Waals surface area contributed by atoms with E-state index in [9.17, 15) is 0 Å². The van der Waals surface area contributed by atoms with Crippen LogP contribution in [-0.4, -0.2) is 0 Å². The molecule has 11 rings (SSSR count). The molecule has 0 radical (unpaired) electrons. The molecule has 2 aliphatic carbocycles. The molecule has 0 amide bonds. The smallest absolute Gasteiger partial charge is 0.0344 e. The predicted octanol–water partition coefficient (Wildman–Crippen LogP) is 14.9. The molecule has 52 heavy (non-hydrogen) atoms. The van der Waals surface area contributed by atoms with Crippen LogP contribution in [0.25, 0.3) is 44.5 Å². The van der Waals surface area contributed by atoms with Crippen LogP contribution in [0.5, 0.6) is 0 Å². The maximum atomic E-state index is 2.42. The SMILES string of the molecule is CC1(C)c2ccccc2-c2c1ccc1c2Sc2c(cccc2-c2cccc(-c3cccc4c3Sc3c(ccc5c3-c3ccccc3C5(C)C)S4)c2)S1. The molecule has 0 atom stereocenters. The van der Waals surface area contributed by atoms with Crippen molar-refractivity contribution in [3.8, 4) is 44.5 Å². The summed E-state index contributed by atoms with van der Waals surface area (Å²) in [6.45, 7) is 9.50. The van der Waals surface area contributed by atoms with Crippen LogP contribution in [0.1, 0.15) is 49.9 Å². The van der Waals surface area contributed by atoms with E-state index < -0.39 is 0 Å². The monoisotopic (exact) mass is 738 g/mol. The molecule has 7 aromatic rings. The lowest BCUT2D eigenvalue weighted by molar-refractivity contribution is 0.658. The molecular weight excluding hydrogens is 705 g/mol. The Morgan fingerprint density at radius 1 is 0.327 bits per heavy atom. The van der Waals surface area contributed by atoms with Crippen molar-refractivity contribution in [3.63, 3.8) is 0 Å². The molecule has 4 heteroatoms. The number of rotatable bonds is 2. The molecule has 2 aliphatic heterocycles. The second-order valence-corrected chi connectivity index (χ2v) is 19.4. The summed E-state index contributed by atoms with van der Waals surface area (Å²) in [7, 11) is 0. The number of benzene rings is 7. The van der Waals surface area contributed by atoms with Gasteiger partial charge in [-0.1, -0.05) is 178 Å². The third-order valence-electron chi connectivity index (χ3n) is 11.6. The Kier molecular flexibility index (Phi) is 6.79. The fraction of sp³-hybridized carbons (Fsp3) is 0.125. The zero-order valence-electron chi connectivity index (χ0n) is 29.3. The zero-order valence-corrected chi connectivity index (χ0v) is 32.6. The van der Waals surface area contributed by atoms with Gasteiger partial charge >= 0.3 is 0 Å². The quantitative estimate of drug-likeness (QED) is 0.173. The molecule has 4 aliphatic rings. The lowest BCUT2D eigenvalue weighted by Gasteiger charge is -2.26. The topological polar surface area (TPSA) is 0 Å². The van der Waals surface area contributed by atoms with Crippen LogP contribution >= 0.6 is 47.0 Å². The van der Waals surface area contributed by atoms with Crippen molar-refractivity contribution < 1.29 is 0 Å². The van der Waals surface area contributed by atoms with Gasteiger partial charge in [0.2, 0.25) is 0 Å². The normalized spacial score (nSPS) is 16.1. The average molecular weight is 739 g/mol. The molecule has 0 N–H and O–H groups in total. The van der Waals surface area contributed by atoms with E-state index in [1.807, 2.05) is 47.0 Å². The summed E-state index contributed by atoms with van der Waals surface area (Å²) in [4.78, 5) is 10.9. The van der Waals surface area contributed by atoms with Crippen molar-refractivity contribution in [1.29, 1.82) is 0 Å². The van der Waals surface area contributed by atoms with Gasteiger partial charge in [0.05, 0.1) is 0 Å². The van der Waals surface area contributed by atoms with Crippen LogP contribution < -0.4 is 0 Å². The fourth-order valence-corrected chi connectivity index (χ4v) is 14.2. The molecule has 0 bridgehead atoms. The van der Waals surface area contributed by atoms with E-state index in [0.29, 0.717) is 0 Å². The van der Waals surface area contributed by atoms with Crippen molar-refractivity contribution in [2.45, 2.75) is 77.7 Å². The molecule has 0 saturated carbocycles. The van der Waals surface area contributed by atoms with E-state index in [2.05, 4.69) is 161 Å². The summed E-state index contributed by atoms with van der Waals surface area (Å²) in [6, 6.07) is 50.5. The Labute approximate surface area is 322 Å². The lowest BCUT2D eigenvalue weighted by Crippen LogP contribution is -2.14. The molecule has 0 spiro atoms. The van der Waals surface area contributed by atoms with Crippen molar-refractivity contribution in [1.82, 2.24) is 0 Å². The Balaban J connectivity index is 1.01. The maximum Gasteiger partial charge on any atom is 0.0344 e. The van der Waals surface area contributed by atoms with Gasteiger partial charge < -0.3 is 0 Å². The average Bonchev–Trinajstić information content (AvgIpc) is 3.56. The highest BCUT2D eigenvalue weighted by Crippen LogP contribution is 2.62. The largest absolute Gasteiger partial charge is 0.0877 e. The summed E-state index contributed by atoms with van der Waals surface area (Å²) in [5.41, 5.74) is 16.5. The Morgan fingerprint density at radius 2 is 0.731 bits per heavy atom. The molecular formula is C48H34S4. The van der Waals surface area contributed by atoms with Gasteiger partial charge in [-0.3, -0.25) is 0 Å². The van der Waals surface area contributed by atoms with Gasteiger partial charge in [0.15, 0.2) is 0 Å². The van der Waals surface area contributed by atoms with Crippen molar-refractivity contribution in [2.24, 2.45) is 0 Å². The third kappa shape index (κ3) is 4.36. The molecule has 0 fully saturated rings. The Bertz CT molecular complexity index is 2520.